The summed E-state index contributed by atoms with van der Waals surface area (Å²) in [5.41, 5.74) is 8.23. The maximum absolute atomic E-state index is 5.43. The van der Waals surface area contributed by atoms with Crippen LogP contribution in [0.15, 0.2) is 18.3 Å². The van der Waals surface area contributed by atoms with E-state index in [4.69, 9.17) is 5.73 Å². The molecule has 0 unspecified atom stereocenters. The first-order chi connectivity index (χ1) is 12.9. The Morgan fingerprint density at radius 3 is 2.85 bits per heavy atom. The zero-order valence-electron chi connectivity index (χ0n) is 15.6. The van der Waals surface area contributed by atoms with E-state index in [0.29, 0.717) is 0 Å². The summed E-state index contributed by atoms with van der Waals surface area (Å²) in [5.74, 6) is 1.03. The number of unbranched alkanes of at least 4 members (excludes halogenated alkanes) is 1. The third kappa shape index (κ3) is 5.51. The number of fused-ring (bicyclic) bond motifs is 2. The van der Waals surface area contributed by atoms with Crippen LogP contribution in [-0.2, 0) is 19.4 Å². The van der Waals surface area contributed by atoms with Crippen molar-refractivity contribution in [2.45, 2.75) is 57.9 Å². The SMILES string of the molecule is NCCCCNCc1nc2c([nH]1)=CCCC=2.c1cnc2c(c1)CCCC2. The molecule has 0 amide bonds. The van der Waals surface area contributed by atoms with Crippen molar-refractivity contribution in [1.29, 1.82) is 0 Å². The minimum absolute atomic E-state index is 0.778. The van der Waals surface area contributed by atoms with Crippen LogP contribution in [0, 0.1) is 0 Å². The number of nitrogens with one attached hydrogen (secondary N) is 2. The van der Waals surface area contributed by atoms with Crippen LogP contribution in [0.1, 0.15) is 55.6 Å². The summed E-state index contributed by atoms with van der Waals surface area (Å²) in [7, 11) is 0. The Labute approximate surface area is 155 Å². The smallest absolute Gasteiger partial charge is 0.121 e. The van der Waals surface area contributed by atoms with Gasteiger partial charge in [-0.05, 0) is 76.1 Å². The molecule has 0 spiro atoms. The molecule has 0 radical (unpaired) electrons. The first-order valence-corrected chi connectivity index (χ1v) is 9.95. The monoisotopic (exact) mass is 353 g/mol. The molecule has 140 valence electrons. The first kappa shape index (κ1) is 18.8. The zero-order chi connectivity index (χ0) is 18.0. The number of rotatable bonds is 6. The van der Waals surface area contributed by atoms with Gasteiger partial charge >= 0.3 is 0 Å². The lowest BCUT2D eigenvalue weighted by molar-refractivity contribution is 0.614. The Balaban J connectivity index is 0.000000167. The van der Waals surface area contributed by atoms with Gasteiger partial charge in [0.05, 0.1) is 17.2 Å². The molecule has 5 nitrogen and oxygen atoms in total. The van der Waals surface area contributed by atoms with E-state index in [1.807, 2.05) is 12.3 Å². The van der Waals surface area contributed by atoms with Gasteiger partial charge in [-0.15, -0.1) is 0 Å². The van der Waals surface area contributed by atoms with Gasteiger partial charge in [0.25, 0.3) is 0 Å². The van der Waals surface area contributed by atoms with Crippen LogP contribution in [0.2, 0.25) is 0 Å². The lowest BCUT2D eigenvalue weighted by Crippen LogP contribution is -2.26. The second-order valence-electron chi connectivity index (χ2n) is 6.96. The van der Waals surface area contributed by atoms with Gasteiger partial charge in [-0.2, -0.15) is 0 Å². The quantitative estimate of drug-likeness (QED) is 0.689. The third-order valence-corrected chi connectivity index (χ3v) is 4.86. The number of pyridine rings is 1. The Hall–Kier alpha value is -1.98. The van der Waals surface area contributed by atoms with Crippen LogP contribution in [0.25, 0.3) is 12.2 Å². The minimum Gasteiger partial charge on any atom is -0.341 e. The average Bonchev–Trinajstić information content (AvgIpc) is 3.11. The van der Waals surface area contributed by atoms with Crippen LogP contribution in [0.3, 0.4) is 0 Å². The van der Waals surface area contributed by atoms with Crippen LogP contribution in [0.4, 0.5) is 0 Å². The number of H-pyrrole nitrogens is 1. The highest BCUT2D eigenvalue weighted by Crippen LogP contribution is 2.17. The molecule has 0 saturated carbocycles. The van der Waals surface area contributed by atoms with E-state index < -0.39 is 0 Å². The van der Waals surface area contributed by atoms with E-state index >= 15 is 0 Å². The number of hydrogen-bond acceptors (Lipinski definition) is 4. The van der Waals surface area contributed by atoms with Crippen molar-refractivity contribution >= 4 is 12.2 Å². The lowest BCUT2D eigenvalue weighted by Gasteiger charge is -2.12. The van der Waals surface area contributed by atoms with Crippen molar-refractivity contribution in [3.8, 4) is 0 Å². The summed E-state index contributed by atoms with van der Waals surface area (Å²) in [5, 5.41) is 5.67. The molecule has 2 aromatic heterocycles. The predicted octanol–water partition coefficient (Wildman–Crippen LogP) is 1.55. The van der Waals surface area contributed by atoms with E-state index in [2.05, 4.69) is 38.5 Å². The second-order valence-corrected chi connectivity index (χ2v) is 6.96. The van der Waals surface area contributed by atoms with Crippen LogP contribution in [0.5, 0.6) is 0 Å². The highest BCUT2D eigenvalue weighted by atomic mass is 15.0. The van der Waals surface area contributed by atoms with Crippen molar-refractivity contribution < 1.29 is 0 Å². The molecule has 4 rings (SSSR count). The van der Waals surface area contributed by atoms with Crippen LogP contribution >= 0.6 is 0 Å². The van der Waals surface area contributed by atoms with Crippen molar-refractivity contribution in [2.75, 3.05) is 13.1 Å². The maximum atomic E-state index is 5.43. The number of imidazole rings is 1. The van der Waals surface area contributed by atoms with Crippen LogP contribution in [-0.4, -0.2) is 28.0 Å². The molecule has 0 aliphatic heterocycles. The lowest BCUT2D eigenvalue weighted by atomic mass is 9.96. The van der Waals surface area contributed by atoms with Gasteiger partial charge in [-0.3, -0.25) is 4.98 Å². The Bertz CT molecular complexity index is 734. The number of aromatic nitrogens is 3. The molecule has 5 heteroatoms. The number of hydrogen-bond donors (Lipinski definition) is 3. The first-order valence-electron chi connectivity index (χ1n) is 9.95. The van der Waals surface area contributed by atoms with Gasteiger partial charge in [0.1, 0.15) is 5.82 Å². The molecular weight excluding hydrogens is 322 g/mol. The molecule has 2 heterocycles. The average molecular weight is 354 g/mol. The summed E-state index contributed by atoms with van der Waals surface area (Å²) in [6, 6.07) is 4.23. The van der Waals surface area contributed by atoms with Crippen molar-refractivity contribution in [3.05, 3.63) is 46.1 Å². The molecule has 0 fully saturated rings. The Kier molecular flexibility index (Phi) is 7.40. The summed E-state index contributed by atoms with van der Waals surface area (Å²) >= 11 is 0. The summed E-state index contributed by atoms with van der Waals surface area (Å²) in [4.78, 5) is 12.2. The summed E-state index contributed by atoms with van der Waals surface area (Å²) in [6.07, 6.45) is 15.9. The molecule has 26 heavy (non-hydrogen) atoms. The second kappa shape index (κ2) is 10.2. The fourth-order valence-electron chi connectivity index (χ4n) is 3.43. The van der Waals surface area contributed by atoms with Crippen molar-refractivity contribution in [3.63, 3.8) is 0 Å². The fourth-order valence-corrected chi connectivity index (χ4v) is 3.43. The molecule has 2 aromatic rings. The molecule has 0 aromatic carbocycles. The topological polar surface area (TPSA) is 79.6 Å². The molecular formula is C21H31N5. The molecule has 0 bridgehead atoms. The maximum Gasteiger partial charge on any atom is 0.121 e. The minimum atomic E-state index is 0.778. The predicted molar refractivity (Wildman–Crippen MR) is 107 cm³/mol. The van der Waals surface area contributed by atoms with Crippen molar-refractivity contribution in [2.24, 2.45) is 5.73 Å². The molecule has 0 saturated heterocycles. The normalized spacial score (nSPS) is 15.0. The van der Waals surface area contributed by atoms with Gasteiger partial charge in [-0.1, -0.05) is 18.2 Å². The largest absolute Gasteiger partial charge is 0.341 e. The fraction of sp³-hybridized carbons (Fsp3) is 0.524. The number of aryl methyl sites for hydroxylation is 2. The molecule has 2 aliphatic carbocycles. The van der Waals surface area contributed by atoms with Crippen molar-refractivity contribution in [1.82, 2.24) is 20.3 Å². The van der Waals surface area contributed by atoms with Gasteiger partial charge in [0, 0.05) is 11.9 Å². The number of nitrogens with zero attached hydrogens (tertiary/aromatic N) is 2. The molecule has 2 aliphatic rings. The van der Waals surface area contributed by atoms with E-state index in [-0.39, 0.29) is 0 Å². The zero-order valence-corrected chi connectivity index (χ0v) is 15.6. The van der Waals surface area contributed by atoms with E-state index in [9.17, 15) is 0 Å². The van der Waals surface area contributed by atoms with E-state index in [1.54, 1.807) is 0 Å². The van der Waals surface area contributed by atoms with Gasteiger partial charge in [0.15, 0.2) is 0 Å². The van der Waals surface area contributed by atoms with Gasteiger partial charge in [0.2, 0.25) is 0 Å². The highest BCUT2D eigenvalue weighted by molar-refractivity contribution is 5.33. The van der Waals surface area contributed by atoms with Gasteiger partial charge < -0.3 is 16.0 Å². The number of aromatic amines is 1. The summed E-state index contributed by atoms with van der Waals surface area (Å²) < 4.78 is 0. The van der Waals surface area contributed by atoms with E-state index in [1.165, 1.54) is 42.3 Å². The number of nitrogens with two attached hydrogens (primary N) is 1. The van der Waals surface area contributed by atoms with E-state index in [0.717, 1.165) is 56.5 Å². The standard InChI is InChI=1S/C12H20N4.C9H11N/c13-7-3-4-8-14-9-12-15-10-5-1-2-6-11(10)16-12;1-2-6-9-8(4-1)5-3-7-10-9/h5-6,14H,1-4,7-9,13H2,(H,15,16);3,5,7H,1-2,4,6H2. The summed E-state index contributed by atoms with van der Waals surface area (Å²) in [6.45, 7) is 2.61. The molecule has 4 N–H and O–H groups in total. The Morgan fingerprint density at radius 1 is 1.12 bits per heavy atom. The third-order valence-electron chi connectivity index (χ3n) is 4.86. The van der Waals surface area contributed by atoms with Gasteiger partial charge in [-0.25, -0.2) is 4.98 Å². The molecule has 0 atom stereocenters. The van der Waals surface area contributed by atoms with Crippen LogP contribution < -0.4 is 21.7 Å². The highest BCUT2D eigenvalue weighted by Gasteiger charge is 2.07. The Morgan fingerprint density at radius 2 is 2.00 bits per heavy atom.